The van der Waals surface area contributed by atoms with E-state index in [1.165, 1.54) is 18.1 Å². The zero-order valence-electron chi connectivity index (χ0n) is 29.2. The van der Waals surface area contributed by atoms with Crippen molar-refractivity contribution in [2.75, 3.05) is 42.6 Å². The number of hydrogen-bond acceptors (Lipinski definition) is 10. The average molecular weight is 716 g/mol. The van der Waals surface area contributed by atoms with E-state index in [1.807, 2.05) is 48.5 Å². The van der Waals surface area contributed by atoms with Crippen molar-refractivity contribution in [1.29, 1.82) is 0 Å². The second-order valence-corrected chi connectivity index (χ2v) is 12.3. The van der Waals surface area contributed by atoms with Crippen molar-refractivity contribution in [2.45, 2.75) is 51.5 Å². The van der Waals surface area contributed by atoms with Crippen LogP contribution in [0.4, 0.5) is 26.7 Å². The molecule has 0 radical (unpaired) electrons. The van der Waals surface area contributed by atoms with Gasteiger partial charge in [-0.2, -0.15) is 0 Å². The van der Waals surface area contributed by atoms with Gasteiger partial charge in [-0.05, 0) is 98.2 Å². The van der Waals surface area contributed by atoms with E-state index in [-0.39, 0.29) is 13.2 Å². The zero-order chi connectivity index (χ0) is 37.3. The Morgan fingerprint density at radius 1 is 0.712 bits per heavy atom. The topological polar surface area (TPSA) is 185 Å². The molecule has 0 heterocycles. The molecule has 0 aromatic heterocycles. The van der Waals surface area contributed by atoms with Crippen LogP contribution in [0.15, 0.2) is 97.1 Å². The fraction of sp³-hybridized carbons (Fsp3) is 0.308. The number of anilines is 3. The van der Waals surface area contributed by atoms with Crippen molar-refractivity contribution >= 4 is 35.2 Å². The van der Waals surface area contributed by atoms with Gasteiger partial charge in [0.15, 0.2) is 5.60 Å². The number of carbonyl (C=O) groups is 3. The van der Waals surface area contributed by atoms with Crippen LogP contribution in [0.5, 0.6) is 0 Å². The number of hydrogen-bond donors (Lipinski definition) is 6. The maximum absolute atomic E-state index is 12.4. The number of ether oxygens (including phenoxy) is 4. The fourth-order valence-electron chi connectivity index (χ4n) is 5.15. The number of carboxylic acids is 1. The minimum Gasteiger partial charge on any atom is -0.479 e. The average Bonchev–Trinajstić information content (AvgIpc) is 3.09. The first-order valence-corrected chi connectivity index (χ1v) is 16.8. The maximum atomic E-state index is 12.4. The number of amides is 2. The van der Waals surface area contributed by atoms with Gasteiger partial charge < -0.3 is 39.6 Å². The highest BCUT2D eigenvalue weighted by Gasteiger charge is 2.35. The molecule has 0 saturated heterocycles. The standard InChI is InChI=1S/C39H45N3O10/c1-27-9-5-10-28(19-27)20-29-11-6-14-32(22-29)40-36(46)49-17-3-4-18-50-37(47)41-33-15-7-12-30(23-33)21-31-13-8-16-34(24-31)42-38(48)51-25-39(2,35(44)45)52-26-43/h5-16,19,22-24,38,42-43,48H,3-4,17-18,20-21,25-26H2,1-2H3,(H,40,46)(H,41,47)(H,44,45). The predicted octanol–water partition coefficient (Wildman–Crippen LogP) is 6.27. The second kappa shape index (κ2) is 19.8. The number of carbonyl (C=O) groups excluding carboxylic acids is 2. The highest BCUT2D eigenvalue weighted by molar-refractivity contribution is 5.85. The SMILES string of the molecule is Cc1cccc(Cc2cccc(NC(=O)OCCCCOC(=O)Nc3cccc(Cc4cccc(NC(O)OCC(C)(OCO)C(=O)O)c4)c3)c2)c1. The van der Waals surface area contributed by atoms with Gasteiger partial charge in [0.25, 0.3) is 0 Å². The number of nitrogens with one attached hydrogen (secondary N) is 3. The Morgan fingerprint density at radius 2 is 1.17 bits per heavy atom. The predicted molar refractivity (Wildman–Crippen MR) is 195 cm³/mol. The quantitative estimate of drug-likeness (QED) is 0.0475. The van der Waals surface area contributed by atoms with Crippen LogP contribution in [0, 0.1) is 6.92 Å². The number of unbranched alkanes of at least 4 members (excludes halogenated alkanes) is 1. The molecule has 0 aliphatic rings. The molecule has 4 rings (SSSR count). The molecule has 2 unspecified atom stereocenters. The summed E-state index contributed by atoms with van der Waals surface area (Å²) in [5.74, 6) is -1.35. The van der Waals surface area contributed by atoms with Gasteiger partial charge >= 0.3 is 18.2 Å². The lowest BCUT2D eigenvalue weighted by Crippen LogP contribution is -2.45. The summed E-state index contributed by atoms with van der Waals surface area (Å²) >= 11 is 0. The van der Waals surface area contributed by atoms with Crippen molar-refractivity contribution in [3.63, 3.8) is 0 Å². The van der Waals surface area contributed by atoms with Gasteiger partial charge in [-0.15, -0.1) is 0 Å². The maximum Gasteiger partial charge on any atom is 0.411 e. The Bertz CT molecular complexity index is 1780. The molecule has 13 nitrogen and oxygen atoms in total. The second-order valence-electron chi connectivity index (χ2n) is 12.3. The highest BCUT2D eigenvalue weighted by atomic mass is 16.7. The molecule has 2 atom stereocenters. The molecule has 0 spiro atoms. The number of rotatable bonds is 19. The molecule has 0 aliphatic carbocycles. The Hall–Kier alpha value is -5.47. The van der Waals surface area contributed by atoms with Crippen LogP contribution in [0.25, 0.3) is 0 Å². The summed E-state index contributed by atoms with van der Waals surface area (Å²) < 4.78 is 20.6. The van der Waals surface area contributed by atoms with Crippen molar-refractivity contribution in [3.05, 3.63) is 125 Å². The van der Waals surface area contributed by atoms with Gasteiger partial charge in [0.05, 0.1) is 19.8 Å². The summed E-state index contributed by atoms with van der Waals surface area (Å²) in [6, 6.07) is 30.4. The number of aliphatic hydroxyl groups excluding tert-OH is 2. The molecule has 0 bridgehead atoms. The van der Waals surface area contributed by atoms with E-state index in [0.29, 0.717) is 36.3 Å². The monoisotopic (exact) mass is 715 g/mol. The van der Waals surface area contributed by atoms with Gasteiger partial charge in [-0.1, -0.05) is 66.2 Å². The minimum absolute atomic E-state index is 0.150. The van der Waals surface area contributed by atoms with Gasteiger partial charge in [-0.25, -0.2) is 14.4 Å². The zero-order valence-corrected chi connectivity index (χ0v) is 29.2. The number of carboxylic acid groups (broad SMARTS) is 1. The Morgan fingerprint density at radius 3 is 1.65 bits per heavy atom. The number of aliphatic hydroxyl groups is 2. The largest absolute Gasteiger partial charge is 0.479 e. The van der Waals surface area contributed by atoms with Gasteiger partial charge in [0.2, 0.25) is 6.41 Å². The molecule has 6 N–H and O–H groups in total. The lowest BCUT2D eigenvalue weighted by molar-refractivity contribution is -0.198. The summed E-state index contributed by atoms with van der Waals surface area (Å²) in [6.45, 7) is 2.27. The number of benzene rings is 4. The molecular formula is C39H45N3O10. The van der Waals surface area contributed by atoms with E-state index in [0.717, 1.165) is 23.1 Å². The summed E-state index contributed by atoms with van der Waals surface area (Å²) in [6.07, 6.45) is -0.410. The third-order valence-corrected chi connectivity index (χ3v) is 7.82. The first-order chi connectivity index (χ1) is 25.0. The van der Waals surface area contributed by atoms with Crippen LogP contribution in [-0.2, 0) is 36.6 Å². The van der Waals surface area contributed by atoms with Crippen LogP contribution in [0.1, 0.15) is 47.6 Å². The van der Waals surface area contributed by atoms with Gasteiger partial charge in [0.1, 0.15) is 6.79 Å². The Balaban J connectivity index is 1.13. The molecular weight excluding hydrogens is 670 g/mol. The van der Waals surface area contributed by atoms with Crippen LogP contribution >= 0.6 is 0 Å². The Labute approximate surface area is 302 Å². The molecule has 2 amide bonds. The smallest absolute Gasteiger partial charge is 0.411 e. The fourth-order valence-corrected chi connectivity index (χ4v) is 5.15. The van der Waals surface area contributed by atoms with E-state index in [4.69, 9.17) is 24.1 Å². The van der Waals surface area contributed by atoms with Crippen LogP contribution in [0.2, 0.25) is 0 Å². The highest BCUT2D eigenvalue weighted by Crippen LogP contribution is 2.20. The minimum atomic E-state index is -1.84. The molecule has 4 aromatic carbocycles. The van der Waals surface area contributed by atoms with Gasteiger partial charge in [-0.3, -0.25) is 10.6 Å². The summed E-state index contributed by atoms with van der Waals surface area (Å²) in [5, 5.41) is 36.7. The summed E-state index contributed by atoms with van der Waals surface area (Å²) in [7, 11) is 0. The van der Waals surface area contributed by atoms with E-state index < -0.39 is 43.6 Å². The first kappa shape index (κ1) is 39.3. The normalized spacial score (nSPS) is 12.6. The summed E-state index contributed by atoms with van der Waals surface area (Å²) in [4.78, 5) is 36.1. The van der Waals surface area contributed by atoms with Crippen molar-refractivity contribution in [2.24, 2.45) is 0 Å². The molecule has 0 saturated carbocycles. The third-order valence-electron chi connectivity index (χ3n) is 7.82. The van der Waals surface area contributed by atoms with Crippen molar-refractivity contribution in [1.82, 2.24) is 0 Å². The molecule has 276 valence electrons. The van der Waals surface area contributed by atoms with Gasteiger partial charge in [0, 0.05) is 17.1 Å². The van der Waals surface area contributed by atoms with Crippen molar-refractivity contribution in [3.8, 4) is 0 Å². The van der Waals surface area contributed by atoms with E-state index in [2.05, 4.69) is 41.1 Å². The molecule has 0 fully saturated rings. The van der Waals surface area contributed by atoms with E-state index in [1.54, 1.807) is 30.3 Å². The van der Waals surface area contributed by atoms with Crippen LogP contribution in [-0.4, -0.2) is 72.1 Å². The number of aryl methyl sites for hydroxylation is 1. The molecule has 0 aliphatic heterocycles. The van der Waals surface area contributed by atoms with E-state index >= 15 is 0 Å². The summed E-state index contributed by atoms with van der Waals surface area (Å²) in [5.41, 5.74) is 5.15. The molecule has 52 heavy (non-hydrogen) atoms. The lowest BCUT2D eigenvalue weighted by atomic mass is 10.0. The lowest BCUT2D eigenvalue weighted by Gasteiger charge is -2.25. The number of aliphatic carboxylic acids is 1. The first-order valence-electron chi connectivity index (χ1n) is 16.8. The van der Waals surface area contributed by atoms with E-state index in [9.17, 15) is 24.6 Å². The third kappa shape index (κ3) is 13.3. The van der Waals surface area contributed by atoms with Crippen molar-refractivity contribution < 1.29 is 48.7 Å². The van der Waals surface area contributed by atoms with Crippen LogP contribution in [0.3, 0.4) is 0 Å². The Kier molecular flexibility index (Phi) is 15.0. The van der Waals surface area contributed by atoms with Crippen LogP contribution < -0.4 is 16.0 Å². The molecule has 13 heteroatoms. The molecule has 4 aromatic rings.